The molecule has 1 atom stereocenters. The van der Waals surface area contributed by atoms with E-state index >= 15 is 0 Å². The number of rotatable bonds is 9. The Morgan fingerprint density at radius 2 is 1.62 bits per heavy atom. The summed E-state index contributed by atoms with van der Waals surface area (Å²) in [5, 5.41) is 5.43. The maximum atomic E-state index is 12.4. The van der Waals surface area contributed by atoms with Crippen LogP contribution in [0.3, 0.4) is 0 Å². The molecule has 0 aliphatic rings. The van der Waals surface area contributed by atoms with Gasteiger partial charge in [0.1, 0.15) is 18.4 Å². The number of nitrogens with one attached hydrogen (secondary N) is 2. The molecule has 7 nitrogen and oxygen atoms in total. The number of urea groups is 1. The SMILES string of the molecule is COC(=O)C(Cc1cccc(OCc2ccccc2)c1)NC(=O)NCc1ccc(N)cc1. The van der Waals surface area contributed by atoms with Crippen molar-refractivity contribution in [3.8, 4) is 5.75 Å². The van der Waals surface area contributed by atoms with Crippen molar-refractivity contribution in [1.29, 1.82) is 0 Å². The van der Waals surface area contributed by atoms with Crippen molar-refractivity contribution in [2.75, 3.05) is 12.8 Å². The van der Waals surface area contributed by atoms with Gasteiger partial charge in [0.2, 0.25) is 0 Å². The van der Waals surface area contributed by atoms with Crippen LogP contribution in [0.15, 0.2) is 78.9 Å². The molecule has 2 amide bonds. The summed E-state index contributed by atoms with van der Waals surface area (Å²) in [6, 6.07) is 23.2. The van der Waals surface area contributed by atoms with Crippen LogP contribution >= 0.6 is 0 Å². The molecule has 0 aliphatic heterocycles. The second-order valence-electron chi connectivity index (χ2n) is 7.27. The Hall–Kier alpha value is -4.00. The van der Waals surface area contributed by atoms with E-state index in [4.69, 9.17) is 15.2 Å². The standard InChI is InChI=1S/C25H27N3O4/c1-31-24(29)23(28-25(30)27-16-18-10-12-21(26)13-11-18)15-20-8-5-9-22(14-20)32-17-19-6-3-2-4-7-19/h2-14,23H,15-17,26H2,1H3,(H2,27,28,30). The Bertz CT molecular complexity index is 1020. The number of hydrogen-bond donors (Lipinski definition) is 3. The Labute approximate surface area is 187 Å². The number of benzene rings is 3. The monoisotopic (exact) mass is 433 g/mol. The summed E-state index contributed by atoms with van der Waals surface area (Å²) in [5.41, 5.74) is 9.11. The van der Waals surface area contributed by atoms with Crippen molar-refractivity contribution in [2.45, 2.75) is 25.6 Å². The van der Waals surface area contributed by atoms with Crippen LogP contribution in [0.4, 0.5) is 10.5 Å². The third-order valence-corrected chi connectivity index (χ3v) is 4.81. The molecule has 0 bridgehead atoms. The number of hydrogen-bond acceptors (Lipinski definition) is 5. The third-order valence-electron chi connectivity index (χ3n) is 4.81. The molecule has 3 rings (SSSR count). The fourth-order valence-electron chi connectivity index (χ4n) is 3.10. The number of anilines is 1. The Morgan fingerprint density at radius 3 is 2.34 bits per heavy atom. The van der Waals surface area contributed by atoms with Gasteiger partial charge in [0, 0.05) is 18.7 Å². The van der Waals surface area contributed by atoms with E-state index in [2.05, 4.69) is 10.6 Å². The lowest BCUT2D eigenvalue weighted by Gasteiger charge is -2.18. The van der Waals surface area contributed by atoms with Crippen LogP contribution < -0.4 is 21.1 Å². The molecule has 0 aliphatic carbocycles. The van der Waals surface area contributed by atoms with Gasteiger partial charge in [0.05, 0.1) is 7.11 Å². The number of nitrogen functional groups attached to an aromatic ring is 1. The van der Waals surface area contributed by atoms with E-state index in [1.54, 1.807) is 12.1 Å². The highest BCUT2D eigenvalue weighted by Crippen LogP contribution is 2.17. The molecule has 166 valence electrons. The molecule has 3 aromatic carbocycles. The van der Waals surface area contributed by atoms with Crippen LogP contribution in [0.2, 0.25) is 0 Å². The fraction of sp³-hybridized carbons (Fsp3) is 0.200. The summed E-state index contributed by atoms with van der Waals surface area (Å²) in [6.07, 6.45) is 0.268. The number of methoxy groups -OCH3 is 1. The van der Waals surface area contributed by atoms with Crippen LogP contribution in [0, 0.1) is 0 Å². The first-order chi connectivity index (χ1) is 15.5. The zero-order valence-corrected chi connectivity index (χ0v) is 17.9. The van der Waals surface area contributed by atoms with Gasteiger partial charge in [-0.05, 0) is 41.0 Å². The number of esters is 1. The van der Waals surface area contributed by atoms with Gasteiger partial charge in [0.15, 0.2) is 0 Å². The molecule has 0 spiro atoms. The highest BCUT2D eigenvalue weighted by molar-refractivity contribution is 5.83. The molecule has 0 radical (unpaired) electrons. The maximum absolute atomic E-state index is 12.4. The zero-order valence-electron chi connectivity index (χ0n) is 17.9. The van der Waals surface area contributed by atoms with E-state index < -0.39 is 18.0 Å². The minimum atomic E-state index is -0.837. The van der Waals surface area contributed by atoms with E-state index in [0.717, 1.165) is 16.7 Å². The van der Waals surface area contributed by atoms with Crippen molar-refractivity contribution in [3.05, 3.63) is 95.6 Å². The van der Waals surface area contributed by atoms with Crippen LogP contribution in [-0.2, 0) is 29.1 Å². The predicted octanol–water partition coefficient (Wildman–Crippen LogP) is 3.43. The molecular formula is C25H27N3O4. The molecule has 3 aromatic rings. The van der Waals surface area contributed by atoms with Gasteiger partial charge in [-0.15, -0.1) is 0 Å². The molecule has 0 fully saturated rings. The zero-order chi connectivity index (χ0) is 22.8. The molecule has 0 heterocycles. The average Bonchev–Trinajstić information content (AvgIpc) is 2.82. The number of carbonyl (C=O) groups is 2. The molecule has 32 heavy (non-hydrogen) atoms. The fourth-order valence-corrected chi connectivity index (χ4v) is 3.10. The Kier molecular flexibility index (Phi) is 8.09. The van der Waals surface area contributed by atoms with Crippen molar-refractivity contribution in [1.82, 2.24) is 10.6 Å². The molecule has 4 N–H and O–H groups in total. The summed E-state index contributed by atoms with van der Waals surface area (Å²) >= 11 is 0. The highest BCUT2D eigenvalue weighted by Gasteiger charge is 2.22. The third kappa shape index (κ3) is 7.05. The second kappa shape index (κ2) is 11.4. The number of ether oxygens (including phenoxy) is 2. The molecule has 0 saturated heterocycles. The topological polar surface area (TPSA) is 103 Å². The maximum Gasteiger partial charge on any atom is 0.328 e. The lowest BCUT2D eigenvalue weighted by molar-refractivity contribution is -0.142. The van der Waals surface area contributed by atoms with Gasteiger partial charge >= 0.3 is 12.0 Å². The average molecular weight is 434 g/mol. The highest BCUT2D eigenvalue weighted by atomic mass is 16.5. The van der Waals surface area contributed by atoms with Gasteiger partial charge in [-0.25, -0.2) is 9.59 Å². The minimum Gasteiger partial charge on any atom is -0.489 e. The molecule has 0 saturated carbocycles. The summed E-state index contributed by atoms with van der Waals surface area (Å²) in [4.78, 5) is 24.6. The van der Waals surface area contributed by atoms with Crippen molar-refractivity contribution < 1.29 is 19.1 Å². The molecular weight excluding hydrogens is 406 g/mol. The van der Waals surface area contributed by atoms with Gasteiger partial charge in [-0.1, -0.05) is 54.6 Å². The predicted molar refractivity (Wildman–Crippen MR) is 123 cm³/mol. The van der Waals surface area contributed by atoms with Crippen LogP contribution in [0.25, 0.3) is 0 Å². The largest absolute Gasteiger partial charge is 0.489 e. The summed E-state index contributed by atoms with van der Waals surface area (Å²) in [6.45, 7) is 0.749. The first-order valence-electron chi connectivity index (χ1n) is 10.3. The summed E-state index contributed by atoms with van der Waals surface area (Å²) < 4.78 is 10.7. The Balaban J connectivity index is 1.58. The second-order valence-corrected chi connectivity index (χ2v) is 7.27. The van der Waals surface area contributed by atoms with Gasteiger partial charge < -0.3 is 25.8 Å². The van der Waals surface area contributed by atoms with Crippen LogP contribution in [0.5, 0.6) is 5.75 Å². The molecule has 1 unspecified atom stereocenters. The van der Waals surface area contributed by atoms with Crippen molar-refractivity contribution in [3.63, 3.8) is 0 Å². The van der Waals surface area contributed by atoms with Crippen molar-refractivity contribution >= 4 is 17.7 Å². The van der Waals surface area contributed by atoms with Crippen LogP contribution in [0.1, 0.15) is 16.7 Å². The van der Waals surface area contributed by atoms with E-state index in [0.29, 0.717) is 24.6 Å². The smallest absolute Gasteiger partial charge is 0.328 e. The van der Waals surface area contributed by atoms with E-state index in [1.165, 1.54) is 7.11 Å². The van der Waals surface area contributed by atoms with Gasteiger partial charge in [0.25, 0.3) is 0 Å². The lowest BCUT2D eigenvalue weighted by atomic mass is 10.1. The summed E-state index contributed by atoms with van der Waals surface area (Å²) in [7, 11) is 1.29. The number of amides is 2. The normalized spacial score (nSPS) is 11.3. The van der Waals surface area contributed by atoms with E-state index in [1.807, 2.05) is 66.7 Å². The van der Waals surface area contributed by atoms with Gasteiger partial charge in [-0.2, -0.15) is 0 Å². The Morgan fingerprint density at radius 1 is 0.906 bits per heavy atom. The van der Waals surface area contributed by atoms with Crippen molar-refractivity contribution in [2.24, 2.45) is 0 Å². The number of carbonyl (C=O) groups excluding carboxylic acids is 2. The number of nitrogens with two attached hydrogens (primary N) is 1. The minimum absolute atomic E-state index is 0.268. The first-order valence-corrected chi connectivity index (χ1v) is 10.3. The molecule has 0 aromatic heterocycles. The summed E-state index contributed by atoms with van der Waals surface area (Å²) in [5.74, 6) is 0.158. The van der Waals surface area contributed by atoms with Crippen LogP contribution in [-0.4, -0.2) is 25.2 Å². The lowest BCUT2D eigenvalue weighted by Crippen LogP contribution is -2.47. The van der Waals surface area contributed by atoms with E-state index in [9.17, 15) is 9.59 Å². The van der Waals surface area contributed by atoms with Gasteiger partial charge in [-0.3, -0.25) is 0 Å². The van der Waals surface area contributed by atoms with E-state index in [-0.39, 0.29) is 6.42 Å². The first kappa shape index (κ1) is 22.7. The molecule has 7 heteroatoms. The quantitative estimate of drug-likeness (QED) is 0.354.